The number of anilines is 2. The molecule has 7 heteroatoms. The van der Waals surface area contributed by atoms with Gasteiger partial charge in [0.2, 0.25) is 10.0 Å². The quantitative estimate of drug-likeness (QED) is 0.734. The molecule has 0 bridgehead atoms. The molecule has 21 heavy (non-hydrogen) atoms. The number of benzene rings is 1. The predicted octanol–water partition coefficient (Wildman–Crippen LogP) is 1.39. The van der Waals surface area contributed by atoms with E-state index in [1.165, 1.54) is 10.6 Å². The van der Waals surface area contributed by atoms with Crippen LogP contribution in [0.1, 0.15) is 13.8 Å². The minimum Gasteiger partial charge on any atom is -0.492 e. The topological polar surface area (TPSA) is 75.9 Å². The van der Waals surface area contributed by atoms with Gasteiger partial charge in [0, 0.05) is 38.4 Å². The number of nitrogens with two attached hydrogens (primary N) is 1. The first-order valence-electron chi connectivity index (χ1n) is 6.98. The molecule has 0 amide bonds. The average Bonchev–Trinajstić information content (AvgIpc) is 2.41. The Bertz CT molecular complexity index is 561. The standard InChI is InChI=1S/C14H25N3O3S/c1-5-17(10-9-16(3)21(4,18)19)12-7-8-13(15)14(11-12)20-6-2/h7-8,11H,5-6,9-10,15H2,1-4H3. The average molecular weight is 315 g/mol. The van der Waals surface area contributed by atoms with Crippen molar-refractivity contribution in [3.63, 3.8) is 0 Å². The third-order valence-corrected chi connectivity index (χ3v) is 4.61. The van der Waals surface area contributed by atoms with E-state index >= 15 is 0 Å². The highest BCUT2D eigenvalue weighted by atomic mass is 32.2. The van der Waals surface area contributed by atoms with E-state index in [-0.39, 0.29) is 0 Å². The van der Waals surface area contributed by atoms with Crippen molar-refractivity contribution in [2.75, 3.05) is 50.2 Å². The summed E-state index contributed by atoms with van der Waals surface area (Å²) in [5, 5.41) is 0. The van der Waals surface area contributed by atoms with Crippen LogP contribution in [0.5, 0.6) is 5.75 Å². The molecular weight excluding hydrogens is 290 g/mol. The minimum atomic E-state index is -3.15. The Hall–Kier alpha value is -1.47. The van der Waals surface area contributed by atoms with Gasteiger partial charge in [-0.2, -0.15) is 0 Å². The van der Waals surface area contributed by atoms with Crippen molar-refractivity contribution in [2.24, 2.45) is 0 Å². The van der Waals surface area contributed by atoms with Crippen molar-refractivity contribution in [1.82, 2.24) is 4.31 Å². The van der Waals surface area contributed by atoms with Crippen LogP contribution in [0.15, 0.2) is 18.2 Å². The molecule has 2 N–H and O–H groups in total. The predicted molar refractivity (Wildman–Crippen MR) is 87.4 cm³/mol. The van der Waals surface area contributed by atoms with Crippen molar-refractivity contribution in [1.29, 1.82) is 0 Å². The second-order valence-electron chi connectivity index (χ2n) is 4.82. The molecule has 0 atom stereocenters. The van der Waals surface area contributed by atoms with Crippen LogP contribution in [0.4, 0.5) is 11.4 Å². The molecule has 0 saturated heterocycles. The van der Waals surface area contributed by atoms with Gasteiger partial charge in [-0.3, -0.25) is 0 Å². The number of rotatable bonds is 8. The number of nitrogen functional groups attached to an aromatic ring is 1. The number of hydrogen-bond acceptors (Lipinski definition) is 5. The van der Waals surface area contributed by atoms with Gasteiger partial charge in [-0.15, -0.1) is 0 Å². The SMILES string of the molecule is CCOc1cc(N(CC)CCN(C)S(C)(=O)=O)ccc1N. The molecule has 0 heterocycles. The summed E-state index contributed by atoms with van der Waals surface area (Å²) in [5.74, 6) is 0.657. The highest BCUT2D eigenvalue weighted by Crippen LogP contribution is 2.27. The van der Waals surface area contributed by atoms with Crippen LogP contribution in [-0.4, -0.2) is 52.3 Å². The highest BCUT2D eigenvalue weighted by Gasteiger charge is 2.13. The van der Waals surface area contributed by atoms with Gasteiger partial charge in [-0.05, 0) is 26.0 Å². The molecule has 0 fully saturated rings. The third-order valence-electron chi connectivity index (χ3n) is 3.29. The van der Waals surface area contributed by atoms with Crippen molar-refractivity contribution >= 4 is 21.4 Å². The summed E-state index contributed by atoms with van der Waals surface area (Å²) in [7, 11) is -1.57. The van der Waals surface area contributed by atoms with E-state index in [1.807, 2.05) is 32.0 Å². The Morgan fingerprint density at radius 3 is 2.43 bits per heavy atom. The molecule has 6 nitrogen and oxygen atoms in total. The Labute approximate surface area is 127 Å². The maximum absolute atomic E-state index is 11.4. The molecule has 120 valence electrons. The summed E-state index contributed by atoms with van der Waals surface area (Å²) in [6.07, 6.45) is 1.21. The second kappa shape index (κ2) is 7.51. The van der Waals surface area contributed by atoms with Gasteiger partial charge < -0.3 is 15.4 Å². The van der Waals surface area contributed by atoms with Crippen molar-refractivity contribution in [3.8, 4) is 5.75 Å². The Morgan fingerprint density at radius 1 is 1.24 bits per heavy atom. The summed E-state index contributed by atoms with van der Waals surface area (Å²) in [6.45, 7) is 6.29. The highest BCUT2D eigenvalue weighted by molar-refractivity contribution is 7.88. The van der Waals surface area contributed by atoms with Crippen LogP contribution in [0, 0.1) is 0 Å². The first-order valence-corrected chi connectivity index (χ1v) is 8.83. The zero-order valence-corrected chi connectivity index (χ0v) is 14.0. The summed E-state index contributed by atoms with van der Waals surface area (Å²) in [5.41, 5.74) is 7.44. The maximum atomic E-state index is 11.4. The normalized spacial score (nSPS) is 11.7. The van der Waals surface area contributed by atoms with Gasteiger partial charge >= 0.3 is 0 Å². The third kappa shape index (κ3) is 5.09. The smallest absolute Gasteiger partial charge is 0.211 e. The zero-order valence-electron chi connectivity index (χ0n) is 13.2. The fourth-order valence-electron chi connectivity index (χ4n) is 1.90. The number of nitrogens with zero attached hydrogens (tertiary/aromatic N) is 2. The molecule has 0 saturated carbocycles. The van der Waals surface area contributed by atoms with E-state index in [0.29, 0.717) is 31.1 Å². The van der Waals surface area contributed by atoms with Crippen LogP contribution in [0.2, 0.25) is 0 Å². The Balaban J connectivity index is 2.83. The minimum absolute atomic E-state index is 0.432. The van der Waals surface area contributed by atoms with Gasteiger partial charge in [-0.25, -0.2) is 12.7 Å². The van der Waals surface area contributed by atoms with Crippen LogP contribution < -0.4 is 15.4 Å². The van der Waals surface area contributed by atoms with E-state index < -0.39 is 10.0 Å². The van der Waals surface area contributed by atoms with Crippen LogP contribution in [-0.2, 0) is 10.0 Å². The maximum Gasteiger partial charge on any atom is 0.211 e. The molecule has 0 aliphatic carbocycles. The molecule has 0 radical (unpaired) electrons. The van der Waals surface area contributed by atoms with Crippen molar-refractivity contribution < 1.29 is 13.2 Å². The zero-order chi connectivity index (χ0) is 16.0. The molecule has 0 spiro atoms. The molecule has 1 aromatic rings. The van der Waals surface area contributed by atoms with Crippen LogP contribution >= 0.6 is 0 Å². The van der Waals surface area contributed by atoms with Gasteiger partial charge in [0.1, 0.15) is 5.75 Å². The molecule has 0 aliphatic heterocycles. The second-order valence-corrected chi connectivity index (χ2v) is 6.91. The van der Waals surface area contributed by atoms with Gasteiger partial charge in [0.05, 0.1) is 18.6 Å². The lowest BCUT2D eigenvalue weighted by molar-refractivity contribution is 0.342. The van der Waals surface area contributed by atoms with Crippen molar-refractivity contribution in [3.05, 3.63) is 18.2 Å². The largest absolute Gasteiger partial charge is 0.492 e. The van der Waals surface area contributed by atoms with Crippen molar-refractivity contribution in [2.45, 2.75) is 13.8 Å². The van der Waals surface area contributed by atoms with E-state index in [2.05, 4.69) is 4.90 Å². The first-order chi connectivity index (χ1) is 9.79. The lowest BCUT2D eigenvalue weighted by Gasteiger charge is -2.26. The fraction of sp³-hybridized carbons (Fsp3) is 0.571. The number of ether oxygens (including phenoxy) is 1. The molecule has 0 aliphatic rings. The Morgan fingerprint density at radius 2 is 1.90 bits per heavy atom. The van der Waals surface area contributed by atoms with Crippen LogP contribution in [0.25, 0.3) is 0 Å². The van der Waals surface area contributed by atoms with Gasteiger partial charge in [-0.1, -0.05) is 0 Å². The van der Waals surface area contributed by atoms with Gasteiger partial charge in [0.25, 0.3) is 0 Å². The molecule has 1 rings (SSSR count). The Kier molecular flexibility index (Phi) is 6.29. The van der Waals surface area contributed by atoms with E-state index in [0.717, 1.165) is 12.2 Å². The van der Waals surface area contributed by atoms with Crippen LogP contribution in [0.3, 0.4) is 0 Å². The van der Waals surface area contributed by atoms with E-state index in [1.54, 1.807) is 7.05 Å². The fourth-order valence-corrected chi connectivity index (χ4v) is 2.31. The summed E-state index contributed by atoms with van der Waals surface area (Å²) in [4.78, 5) is 2.09. The van der Waals surface area contributed by atoms with E-state index in [9.17, 15) is 8.42 Å². The molecular formula is C14H25N3O3S. The number of sulfonamides is 1. The molecule has 0 aromatic heterocycles. The summed E-state index contributed by atoms with van der Waals surface area (Å²) < 4.78 is 29.7. The van der Waals surface area contributed by atoms with Gasteiger partial charge in [0.15, 0.2) is 0 Å². The summed E-state index contributed by atoms with van der Waals surface area (Å²) >= 11 is 0. The molecule has 1 aromatic carbocycles. The lowest BCUT2D eigenvalue weighted by atomic mass is 10.2. The first kappa shape index (κ1) is 17.6. The summed E-state index contributed by atoms with van der Waals surface area (Å²) in [6, 6.07) is 5.62. The lowest BCUT2D eigenvalue weighted by Crippen LogP contribution is -2.35. The number of likely N-dealkylation sites (N-methyl/N-ethyl adjacent to an activating group) is 2. The monoisotopic (exact) mass is 315 g/mol. The number of hydrogen-bond donors (Lipinski definition) is 1. The van der Waals surface area contributed by atoms with E-state index in [4.69, 9.17) is 10.5 Å². The molecule has 0 unspecified atom stereocenters.